The first-order chi connectivity index (χ1) is 8.56. The van der Waals surface area contributed by atoms with E-state index < -0.39 is 6.10 Å². The minimum Gasteiger partial charge on any atom is -0.487 e. The zero-order chi connectivity index (χ0) is 13.1. The molecule has 1 atom stereocenters. The van der Waals surface area contributed by atoms with Crippen molar-refractivity contribution in [2.45, 2.75) is 19.6 Å². The Bertz CT molecular complexity index is 540. The van der Waals surface area contributed by atoms with E-state index in [1.165, 1.54) is 0 Å². The second-order valence-electron chi connectivity index (χ2n) is 3.86. The topological polar surface area (TPSA) is 29.5 Å². The van der Waals surface area contributed by atoms with E-state index in [1.807, 2.05) is 18.2 Å². The average molecular weight is 348 g/mol. The van der Waals surface area contributed by atoms with E-state index in [1.54, 1.807) is 30.4 Å². The highest BCUT2D eigenvalue weighted by Gasteiger charge is 2.07. The second-order valence-corrected chi connectivity index (χ2v) is 6.82. The predicted molar refractivity (Wildman–Crippen MR) is 78.4 cm³/mol. The summed E-state index contributed by atoms with van der Waals surface area (Å²) in [5.74, 6) is 0.630. The lowest BCUT2D eigenvalue weighted by Crippen LogP contribution is -1.96. The van der Waals surface area contributed by atoms with Gasteiger partial charge in [-0.2, -0.15) is 0 Å². The molecule has 96 valence electrons. The summed E-state index contributed by atoms with van der Waals surface area (Å²) in [6.07, 6.45) is -0.523. The molecule has 0 saturated carbocycles. The van der Waals surface area contributed by atoms with Crippen LogP contribution in [0.3, 0.4) is 0 Å². The maximum absolute atomic E-state index is 9.45. The van der Waals surface area contributed by atoms with Crippen molar-refractivity contribution in [1.29, 1.82) is 0 Å². The van der Waals surface area contributed by atoms with Crippen molar-refractivity contribution in [3.8, 4) is 5.75 Å². The van der Waals surface area contributed by atoms with Gasteiger partial charge >= 0.3 is 0 Å². The Morgan fingerprint density at radius 1 is 1.39 bits per heavy atom. The van der Waals surface area contributed by atoms with Crippen molar-refractivity contribution < 1.29 is 9.84 Å². The average Bonchev–Trinajstić information content (AvgIpc) is 2.73. The largest absolute Gasteiger partial charge is 0.487 e. The third-order valence-electron chi connectivity index (χ3n) is 2.44. The van der Waals surface area contributed by atoms with E-state index in [9.17, 15) is 5.11 Å². The van der Waals surface area contributed by atoms with E-state index in [0.29, 0.717) is 17.4 Å². The molecule has 0 radical (unpaired) electrons. The van der Waals surface area contributed by atoms with Gasteiger partial charge in [-0.05, 0) is 52.7 Å². The molecule has 1 aromatic carbocycles. The molecule has 0 spiro atoms. The van der Waals surface area contributed by atoms with Gasteiger partial charge in [0.1, 0.15) is 12.4 Å². The van der Waals surface area contributed by atoms with Crippen molar-refractivity contribution in [1.82, 2.24) is 0 Å². The monoisotopic (exact) mass is 346 g/mol. The molecule has 2 rings (SSSR count). The van der Waals surface area contributed by atoms with Crippen LogP contribution in [0.4, 0.5) is 0 Å². The number of hydrogen-bond donors (Lipinski definition) is 1. The third-order valence-corrected chi connectivity index (χ3v) is 4.33. The first-order valence-corrected chi connectivity index (χ1v) is 7.39. The number of rotatable bonds is 4. The van der Waals surface area contributed by atoms with Crippen molar-refractivity contribution in [2.24, 2.45) is 0 Å². The Morgan fingerprint density at radius 3 is 2.72 bits per heavy atom. The van der Waals surface area contributed by atoms with E-state index in [2.05, 4.69) is 15.9 Å². The molecule has 0 saturated heterocycles. The zero-order valence-electron chi connectivity index (χ0n) is 9.69. The van der Waals surface area contributed by atoms with Gasteiger partial charge in [0.05, 0.1) is 14.9 Å². The molecule has 0 fully saturated rings. The van der Waals surface area contributed by atoms with Crippen LogP contribution in [0, 0.1) is 0 Å². The van der Waals surface area contributed by atoms with Crippen molar-refractivity contribution >= 4 is 38.9 Å². The molecule has 0 unspecified atom stereocenters. The van der Waals surface area contributed by atoms with E-state index >= 15 is 0 Å². The van der Waals surface area contributed by atoms with E-state index in [4.69, 9.17) is 16.3 Å². The molecule has 0 bridgehead atoms. The van der Waals surface area contributed by atoms with Crippen LogP contribution in [0.1, 0.15) is 23.5 Å². The fraction of sp³-hybridized carbons (Fsp3) is 0.231. The van der Waals surface area contributed by atoms with Gasteiger partial charge < -0.3 is 9.84 Å². The lowest BCUT2D eigenvalue weighted by atomic mass is 10.1. The Balaban J connectivity index is 2.05. The second kappa shape index (κ2) is 6.06. The molecule has 0 aliphatic carbocycles. The number of benzene rings is 1. The summed E-state index contributed by atoms with van der Waals surface area (Å²) < 4.78 is 6.73. The number of halogens is 2. The Kier molecular flexibility index (Phi) is 4.67. The van der Waals surface area contributed by atoms with Gasteiger partial charge in [0, 0.05) is 4.88 Å². The van der Waals surface area contributed by atoms with Crippen molar-refractivity contribution in [3.63, 3.8) is 0 Å². The van der Waals surface area contributed by atoms with Crippen LogP contribution in [0.5, 0.6) is 5.75 Å². The lowest BCUT2D eigenvalue weighted by Gasteiger charge is -2.10. The maximum Gasteiger partial charge on any atom is 0.138 e. The van der Waals surface area contributed by atoms with Crippen LogP contribution in [0.15, 0.2) is 34.1 Å². The van der Waals surface area contributed by atoms with Gasteiger partial charge in [-0.15, -0.1) is 11.3 Å². The first kappa shape index (κ1) is 13.9. The SMILES string of the molecule is C[C@@H](O)c1ccc(OCc2ccc(Br)s2)c(Cl)c1. The van der Waals surface area contributed by atoms with E-state index in [-0.39, 0.29) is 0 Å². The van der Waals surface area contributed by atoms with Gasteiger partial charge in [-0.25, -0.2) is 0 Å². The van der Waals surface area contributed by atoms with Gasteiger partial charge in [0.2, 0.25) is 0 Å². The van der Waals surface area contributed by atoms with Gasteiger partial charge in [0.25, 0.3) is 0 Å². The number of aliphatic hydroxyl groups is 1. The lowest BCUT2D eigenvalue weighted by molar-refractivity contribution is 0.199. The van der Waals surface area contributed by atoms with Crippen molar-refractivity contribution in [3.05, 3.63) is 49.6 Å². The van der Waals surface area contributed by atoms with Crippen LogP contribution in [-0.2, 0) is 6.61 Å². The fourth-order valence-electron chi connectivity index (χ4n) is 1.47. The normalized spacial score (nSPS) is 12.4. The molecule has 18 heavy (non-hydrogen) atoms. The first-order valence-electron chi connectivity index (χ1n) is 5.41. The van der Waals surface area contributed by atoms with Gasteiger partial charge in [-0.1, -0.05) is 17.7 Å². The highest BCUT2D eigenvalue weighted by molar-refractivity contribution is 9.11. The summed E-state index contributed by atoms with van der Waals surface area (Å²) >= 11 is 11.1. The number of hydrogen-bond acceptors (Lipinski definition) is 3. The molecule has 2 nitrogen and oxygen atoms in total. The fourth-order valence-corrected chi connectivity index (χ4v) is 3.11. The number of ether oxygens (including phenoxy) is 1. The molecule has 0 aliphatic heterocycles. The Morgan fingerprint density at radius 2 is 2.17 bits per heavy atom. The summed E-state index contributed by atoms with van der Waals surface area (Å²) in [5.41, 5.74) is 0.784. The maximum atomic E-state index is 9.45. The van der Waals surface area contributed by atoms with Gasteiger partial charge in [-0.3, -0.25) is 0 Å². The molecular weight excluding hydrogens is 336 g/mol. The zero-order valence-corrected chi connectivity index (χ0v) is 12.8. The third kappa shape index (κ3) is 3.48. The Hall–Kier alpha value is -0.550. The quantitative estimate of drug-likeness (QED) is 0.861. The van der Waals surface area contributed by atoms with Gasteiger partial charge in [0.15, 0.2) is 0 Å². The van der Waals surface area contributed by atoms with Crippen LogP contribution in [0.25, 0.3) is 0 Å². The standard InChI is InChI=1S/C13H12BrClO2S/c1-8(16)9-2-4-12(11(15)6-9)17-7-10-3-5-13(14)18-10/h2-6,8,16H,7H2,1H3/t8-/m1/s1. The predicted octanol–water partition coefficient (Wildman–Crippen LogP) is 4.80. The molecule has 5 heteroatoms. The highest BCUT2D eigenvalue weighted by Crippen LogP contribution is 2.29. The molecule has 2 aromatic rings. The van der Waals surface area contributed by atoms with Crippen LogP contribution < -0.4 is 4.74 Å². The van der Waals surface area contributed by atoms with Crippen LogP contribution in [0.2, 0.25) is 5.02 Å². The Labute approximate surface area is 123 Å². The summed E-state index contributed by atoms with van der Waals surface area (Å²) in [4.78, 5) is 1.12. The minimum absolute atomic E-state index is 0.490. The smallest absolute Gasteiger partial charge is 0.138 e. The molecule has 0 amide bonds. The summed E-state index contributed by atoms with van der Waals surface area (Å²) in [6.45, 7) is 2.19. The molecule has 0 aliphatic rings. The van der Waals surface area contributed by atoms with Crippen LogP contribution >= 0.6 is 38.9 Å². The molecule has 1 heterocycles. The number of thiophene rings is 1. The molecule has 1 aromatic heterocycles. The highest BCUT2D eigenvalue weighted by atomic mass is 79.9. The summed E-state index contributed by atoms with van der Waals surface area (Å²) in [7, 11) is 0. The van der Waals surface area contributed by atoms with Crippen LogP contribution in [-0.4, -0.2) is 5.11 Å². The van der Waals surface area contributed by atoms with Crippen molar-refractivity contribution in [2.75, 3.05) is 0 Å². The number of aliphatic hydroxyl groups excluding tert-OH is 1. The molecular formula is C13H12BrClO2S. The minimum atomic E-state index is -0.523. The van der Waals surface area contributed by atoms with E-state index in [0.717, 1.165) is 14.2 Å². The summed E-state index contributed by atoms with van der Waals surface area (Å²) in [5, 5.41) is 9.96. The molecule has 1 N–H and O–H groups in total. The summed E-state index contributed by atoms with van der Waals surface area (Å²) in [6, 6.07) is 9.32.